The Morgan fingerprint density at radius 3 is 2.23 bits per heavy atom. The number of rotatable bonds is 4. The Hall–Kier alpha value is -1.06. The van der Waals surface area contributed by atoms with Crippen molar-refractivity contribution >= 4 is 0 Å². The highest BCUT2D eigenvalue weighted by atomic mass is 16.3. The molecule has 1 atom stereocenters. The zero-order valence-electron chi connectivity index (χ0n) is 7.61. The zero-order valence-corrected chi connectivity index (χ0v) is 7.61. The Morgan fingerprint density at radius 2 is 1.77 bits per heavy atom. The molecule has 0 fully saturated rings. The monoisotopic (exact) mass is 180 g/mol. The standard InChI is InChI=1S/C10H16N2O/c11-6-5-9(7-12)8-1-3-10(13)4-2-8/h1-4,9,13H,5-7,11-12H2. The van der Waals surface area contributed by atoms with Gasteiger partial charge in [0.05, 0.1) is 0 Å². The van der Waals surface area contributed by atoms with Crippen LogP contribution >= 0.6 is 0 Å². The van der Waals surface area contributed by atoms with E-state index in [4.69, 9.17) is 16.6 Å². The quantitative estimate of drug-likeness (QED) is 0.641. The third kappa shape index (κ3) is 2.72. The molecule has 0 aliphatic rings. The van der Waals surface area contributed by atoms with Gasteiger partial charge in [-0.1, -0.05) is 12.1 Å². The summed E-state index contributed by atoms with van der Waals surface area (Å²) in [6.07, 6.45) is 0.890. The number of hydrogen-bond donors (Lipinski definition) is 3. The maximum Gasteiger partial charge on any atom is 0.115 e. The molecule has 0 amide bonds. The first-order valence-electron chi connectivity index (χ1n) is 4.47. The van der Waals surface area contributed by atoms with Crippen molar-refractivity contribution in [2.75, 3.05) is 13.1 Å². The number of phenols is 1. The molecule has 1 rings (SSSR count). The molecular weight excluding hydrogens is 164 g/mol. The molecule has 3 nitrogen and oxygen atoms in total. The van der Waals surface area contributed by atoms with Gasteiger partial charge in [0.15, 0.2) is 0 Å². The molecule has 0 bridgehead atoms. The topological polar surface area (TPSA) is 72.3 Å². The van der Waals surface area contributed by atoms with Crippen molar-refractivity contribution in [2.45, 2.75) is 12.3 Å². The highest BCUT2D eigenvalue weighted by molar-refractivity contribution is 5.28. The molecular formula is C10H16N2O. The summed E-state index contributed by atoms with van der Waals surface area (Å²) in [5, 5.41) is 9.09. The van der Waals surface area contributed by atoms with Gasteiger partial charge >= 0.3 is 0 Å². The summed E-state index contributed by atoms with van der Waals surface area (Å²) >= 11 is 0. The van der Waals surface area contributed by atoms with Gasteiger partial charge in [0, 0.05) is 0 Å². The van der Waals surface area contributed by atoms with Crippen LogP contribution in [0.4, 0.5) is 0 Å². The minimum atomic E-state index is 0.285. The van der Waals surface area contributed by atoms with Crippen LogP contribution in [0.25, 0.3) is 0 Å². The van der Waals surface area contributed by atoms with Gasteiger partial charge in [-0.15, -0.1) is 0 Å². The Balaban J connectivity index is 2.73. The maximum absolute atomic E-state index is 9.09. The van der Waals surface area contributed by atoms with Gasteiger partial charge in [-0.25, -0.2) is 0 Å². The van der Waals surface area contributed by atoms with E-state index in [-0.39, 0.29) is 5.75 Å². The fourth-order valence-corrected chi connectivity index (χ4v) is 1.37. The van der Waals surface area contributed by atoms with Crippen LogP contribution in [0.3, 0.4) is 0 Å². The molecule has 0 heterocycles. The van der Waals surface area contributed by atoms with E-state index in [1.54, 1.807) is 12.1 Å². The van der Waals surface area contributed by atoms with E-state index < -0.39 is 0 Å². The van der Waals surface area contributed by atoms with Crippen LogP contribution in [0.15, 0.2) is 24.3 Å². The second kappa shape index (κ2) is 4.84. The fraction of sp³-hybridized carbons (Fsp3) is 0.400. The van der Waals surface area contributed by atoms with Crippen molar-refractivity contribution in [3.05, 3.63) is 29.8 Å². The lowest BCUT2D eigenvalue weighted by molar-refractivity contribution is 0.474. The van der Waals surface area contributed by atoms with Crippen LogP contribution in [0.1, 0.15) is 17.9 Å². The summed E-state index contributed by atoms with van der Waals surface area (Å²) in [5.74, 6) is 0.595. The molecule has 1 aromatic carbocycles. The van der Waals surface area contributed by atoms with Crippen LogP contribution < -0.4 is 11.5 Å². The lowest BCUT2D eigenvalue weighted by Crippen LogP contribution is -2.16. The van der Waals surface area contributed by atoms with Crippen LogP contribution in [0.5, 0.6) is 5.75 Å². The van der Waals surface area contributed by atoms with Crippen LogP contribution in [-0.2, 0) is 0 Å². The molecule has 0 saturated heterocycles. The lowest BCUT2D eigenvalue weighted by Gasteiger charge is -2.13. The molecule has 1 unspecified atom stereocenters. The van der Waals surface area contributed by atoms with E-state index in [1.165, 1.54) is 0 Å². The first kappa shape index (κ1) is 10.0. The minimum Gasteiger partial charge on any atom is -0.508 e. The first-order chi connectivity index (χ1) is 6.27. The number of phenolic OH excluding ortho intramolecular Hbond substituents is 1. The van der Waals surface area contributed by atoms with Crippen molar-refractivity contribution < 1.29 is 5.11 Å². The normalized spacial score (nSPS) is 12.8. The summed E-state index contributed by atoms with van der Waals surface area (Å²) in [6, 6.07) is 7.13. The Morgan fingerprint density at radius 1 is 1.15 bits per heavy atom. The van der Waals surface area contributed by atoms with E-state index in [0.29, 0.717) is 19.0 Å². The lowest BCUT2D eigenvalue weighted by atomic mass is 9.96. The average Bonchev–Trinajstić information content (AvgIpc) is 2.16. The van der Waals surface area contributed by atoms with Crippen molar-refractivity contribution in [2.24, 2.45) is 11.5 Å². The van der Waals surface area contributed by atoms with Crippen molar-refractivity contribution in [3.63, 3.8) is 0 Å². The number of aromatic hydroxyl groups is 1. The van der Waals surface area contributed by atoms with Crippen molar-refractivity contribution in [1.82, 2.24) is 0 Å². The van der Waals surface area contributed by atoms with E-state index in [2.05, 4.69) is 0 Å². The molecule has 0 saturated carbocycles. The molecule has 5 N–H and O–H groups in total. The summed E-state index contributed by atoms with van der Waals surface area (Å²) < 4.78 is 0. The van der Waals surface area contributed by atoms with Gasteiger partial charge in [-0.3, -0.25) is 0 Å². The van der Waals surface area contributed by atoms with E-state index >= 15 is 0 Å². The van der Waals surface area contributed by atoms with Crippen LogP contribution in [-0.4, -0.2) is 18.2 Å². The van der Waals surface area contributed by atoms with Gasteiger partial charge in [0.25, 0.3) is 0 Å². The van der Waals surface area contributed by atoms with E-state index in [1.807, 2.05) is 12.1 Å². The van der Waals surface area contributed by atoms with E-state index in [0.717, 1.165) is 12.0 Å². The van der Waals surface area contributed by atoms with Gasteiger partial charge in [-0.2, -0.15) is 0 Å². The zero-order chi connectivity index (χ0) is 9.68. The number of nitrogens with two attached hydrogens (primary N) is 2. The fourth-order valence-electron chi connectivity index (χ4n) is 1.37. The highest BCUT2D eigenvalue weighted by Gasteiger charge is 2.07. The van der Waals surface area contributed by atoms with Crippen LogP contribution in [0, 0.1) is 0 Å². The summed E-state index contributed by atoms with van der Waals surface area (Å²) in [4.78, 5) is 0. The third-order valence-corrected chi connectivity index (χ3v) is 2.16. The predicted molar refractivity (Wildman–Crippen MR) is 53.6 cm³/mol. The smallest absolute Gasteiger partial charge is 0.115 e. The Kier molecular flexibility index (Phi) is 3.73. The minimum absolute atomic E-state index is 0.285. The maximum atomic E-state index is 9.09. The van der Waals surface area contributed by atoms with Gasteiger partial charge < -0.3 is 16.6 Å². The molecule has 1 aromatic rings. The Labute approximate surface area is 78.4 Å². The largest absolute Gasteiger partial charge is 0.508 e. The van der Waals surface area contributed by atoms with E-state index in [9.17, 15) is 0 Å². The number of benzene rings is 1. The molecule has 0 aliphatic carbocycles. The number of hydrogen-bond acceptors (Lipinski definition) is 3. The average molecular weight is 180 g/mol. The highest BCUT2D eigenvalue weighted by Crippen LogP contribution is 2.20. The molecule has 0 aromatic heterocycles. The molecule has 0 aliphatic heterocycles. The molecule has 0 radical (unpaired) electrons. The van der Waals surface area contributed by atoms with Crippen molar-refractivity contribution in [1.29, 1.82) is 0 Å². The molecule has 72 valence electrons. The first-order valence-corrected chi connectivity index (χ1v) is 4.47. The van der Waals surface area contributed by atoms with Gasteiger partial charge in [-0.05, 0) is 43.1 Å². The Bertz CT molecular complexity index is 246. The summed E-state index contributed by atoms with van der Waals surface area (Å²) in [7, 11) is 0. The summed E-state index contributed by atoms with van der Waals surface area (Å²) in [6.45, 7) is 1.24. The second-order valence-corrected chi connectivity index (χ2v) is 3.10. The second-order valence-electron chi connectivity index (χ2n) is 3.10. The van der Waals surface area contributed by atoms with Crippen molar-refractivity contribution in [3.8, 4) is 5.75 Å². The summed E-state index contributed by atoms with van der Waals surface area (Å²) in [5.41, 5.74) is 12.2. The third-order valence-electron chi connectivity index (χ3n) is 2.16. The molecule has 13 heavy (non-hydrogen) atoms. The van der Waals surface area contributed by atoms with Crippen LogP contribution in [0.2, 0.25) is 0 Å². The molecule has 3 heteroatoms. The predicted octanol–water partition coefficient (Wildman–Crippen LogP) is 0.783. The van der Waals surface area contributed by atoms with Gasteiger partial charge in [0.1, 0.15) is 5.75 Å². The molecule has 0 spiro atoms. The van der Waals surface area contributed by atoms with Gasteiger partial charge in [0.2, 0.25) is 0 Å². The SMILES string of the molecule is NCCC(CN)c1ccc(O)cc1.